The van der Waals surface area contributed by atoms with Crippen molar-refractivity contribution in [1.29, 1.82) is 0 Å². The zero-order valence-corrected chi connectivity index (χ0v) is 13.6. The van der Waals surface area contributed by atoms with Gasteiger partial charge in [0.05, 0.1) is 0 Å². The molecule has 0 radical (unpaired) electrons. The average molecular weight is 273 g/mol. The molecule has 18 heavy (non-hydrogen) atoms. The smallest absolute Gasteiger partial charge is 0.00726 e. The van der Waals surface area contributed by atoms with Gasteiger partial charge in [0.1, 0.15) is 0 Å². The molecule has 0 saturated carbocycles. The minimum Gasteiger partial charge on any atom is -0.316 e. The van der Waals surface area contributed by atoms with Crippen LogP contribution in [0.1, 0.15) is 40.5 Å². The Morgan fingerprint density at radius 1 is 1.28 bits per heavy atom. The molecule has 0 aliphatic carbocycles. The summed E-state index contributed by atoms with van der Waals surface area (Å²) in [4.78, 5) is 2.68. The van der Waals surface area contributed by atoms with Crippen molar-refractivity contribution < 1.29 is 0 Å². The lowest BCUT2D eigenvalue weighted by Crippen LogP contribution is -2.43. The standard InChI is InChI=1S/C15H32N2S/c1-5-15(4,12-16-11-14(2)3)13-17-7-6-9-18-10-8-17/h14,16H,5-13H2,1-4H3. The lowest BCUT2D eigenvalue weighted by Gasteiger charge is -2.35. The fourth-order valence-corrected chi connectivity index (χ4v) is 3.38. The van der Waals surface area contributed by atoms with Crippen molar-refractivity contribution >= 4 is 11.8 Å². The second kappa shape index (κ2) is 8.44. The van der Waals surface area contributed by atoms with Crippen molar-refractivity contribution in [1.82, 2.24) is 10.2 Å². The van der Waals surface area contributed by atoms with E-state index in [0.717, 1.165) is 19.0 Å². The molecule has 1 rings (SSSR count). The molecule has 0 aromatic carbocycles. The number of thioether (sulfide) groups is 1. The van der Waals surface area contributed by atoms with E-state index < -0.39 is 0 Å². The SMILES string of the molecule is CCC(C)(CNCC(C)C)CN1CCCSCC1. The zero-order valence-electron chi connectivity index (χ0n) is 12.8. The molecule has 1 aliphatic heterocycles. The van der Waals surface area contributed by atoms with E-state index in [9.17, 15) is 0 Å². The molecule has 1 aliphatic rings. The lowest BCUT2D eigenvalue weighted by molar-refractivity contribution is 0.162. The van der Waals surface area contributed by atoms with Crippen molar-refractivity contribution in [2.75, 3.05) is 44.2 Å². The molecule has 1 saturated heterocycles. The minimum absolute atomic E-state index is 0.434. The molecule has 1 heterocycles. The van der Waals surface area contributed by atoms with Gasteiger partial charge in [0.25, 0.3) is 0 Å². The van der Waals surface area contributed by atoms with Crippen LogP contribution >= 0.6 is 11.8 Å². The van der Waals surface area contributed by atoms with E-state index in [4.69, 9.17) is 0 Å². The third-order valence-electron chi connectivity index (χ3n) is 3.88. The number of hydrogen-bond acceptors (Lipinski definition) is 3. The van der Waals surface area contributed by atoms with E-state index in [1.807, 2.05) is 0 Å². The Labute approximate surface area is 118 Å². The summed E-state index contributed by atoms with van der Waals surface area (Å²) < 4.78 is 0. The molecule has 0 bridgehead atoms. The largest absolute Gasteiger partial charge is 0.316 e. The third kappa shape index (κ3) is 6.44. The van der Waals surface area contributed by atoms with Gasteiger partial charge >= 0.3 is 0 Å². The van der Waals surface area contributed by atoms with Gasteiger partial charge in [-0.15, -0.1) is 0 Å². The molecule has 1 fully saturated rings. The van der Waals surface area contributed by atoms with Crippen LogP contribution in [0.2, 0.25) is 0 Å². The monoisotopic (exact) mass is 272 g/mol. The first-order valence-electron chi connectivity index (χ1n) is 7.56. The molecular formula is C15H32N2S. The number of nitrogens with zero attached hydrogens (tertiary/aromatic N) is 1. The van der Waals surface area contributed by atoms with Crippen LogP contribution in [-0.4, -0.2) is 49.1 Å². The van der Waals surface area contributed by atoms with Crippen molar-refractivity contribution in [2.24, 2.45) is 11.3 Å². The molecule has 1 atom stereocenters. The van der Waals surface area contributed by atoms with Crippen LogP contribution in [0, 0.1) is 11.3 Å². The van der Waals surface area contributed by atoms with Crippen LogP contribution < -0.4 is 5.32 Å². The maximum absolute atomic E-state index is 3.65. The van der Waals surface area contributed by atoms with E-state index in [-0.39, 0.29) is 0 Å². The van der Waals surface area contributed by atoms with Gasteiger partial charge in [0.2, 0.25) is 0 Å². The molecule has 108 valence electrons. The summed E-state index contributed by atoms with van der Waals surface area (Å²) >= 11 is 2.12. The van der Waals surface area contributed by atoms with Gasteiger partial charge in [-0.05, 0) is 43.0 Å². The molecule has 1 unspecified atom stereocenters. The normalized spacial score (nSPS) is 21.8. The summed E-state index contributed by atoms with van der Waals surface area (Å²) in [7, 11) is 0. The number of nitrogens with one attached hydrogen (secondary N) is 1. The van der Waals surface area contributed by atoms with Crippen LogP contribution in [0.15, 0.2) is 0 Å². The van der Waals surface area contributed by atoms with Gasteiger partial charge in [0.15, 0.2) is 0 Å². The van der Waals surface area contributed by atoms with Gasteiger partial charge in [0, 0.05) is 25.4 Å². The Kier molecular flexibility index (Phi) is 7.66. The summed E-state index contributed by atoms with van der Waals surface area (Å²) in [6, 6.07) is 0. The maximum atomic E-state index is 3.65. The van der Waals surface area contributed by atoms with Gasteiger partial charge in [-0.3, -0.25) is 0 Å². The van der Waals surface area contributed by atoms with E-state index in [2.05, 4.69) is 49.7 Å². The first kappa shape index (κ1) is 16.3. The Morgan fingerprint density at radius 3 is 2.72 bits per heavy atom. The van der Waals surface area contributed by atoms with E-state index in [1.54, 1.807) is 0 Å². The van der Waals surface area contributed by atoms with Gasteiger partial charge < -0.3 is 10.2 Å². The Morgan fingerprint density at radius 2 is 2.06 bits per heavy atom. The highest BCUT2D eigenvalue weighted by molar-refractivity contribution is 7.99. The van der Waals surface area contributed by atoms with Gasteiger partial charge in [-0.25, -0.2) is 0 Å². The van der Waals surface area contributed by atoms with Crippen molar-refractivity contribution in [3.05, 3.63) is 0 Å². The molecule has 0 aromatic rings. The predicted molar refractivity (Wildman–Crippen MR) is 84.5 cm³/mol. The first-order valence-corrected chi connectivity index (χ1v) is 8.72. The quantitative estimate of drug-likeness (QED) is 0.767. The highest BCUT2D eigenvalue weighted by atomic mass is 32.2. The van der Waals surface area contributed by atoms with Gasteiger partial charge in [-0.1, -0.05) is 27.7 Å². The lowest BCUT2D eigenvalue weighted by atomic mass is 9.86. The van der Waals surface area contributed by atoms with E-state index in [1.165, 1.54) is 44.0 Å². The zero-order chi connectivity index (χ0) is 13.4. The minimum atomic E-state index is 0.434. The molecule has 0 amide bonds. The highest BCUT2D eigenvalue weighted by Gasteiger charge is 2.25. The Hall–Kier alpha value is 0.270. The fourth-order valence-electron chi connectivity index (χ4n) is 2.45. The molecule has 2 nitrogen and oxygen atoms in total. The summed E-state index contributed by atoms with van der Waals surface area (Å²) in [6.45, 7) is 15.5. The second-order valence-corrected chi connectivity index (χ2v) is 7.66. The van der Waals surface area contributed by atoms with Crippen LogP contribution in [0.5, 0.6) is 0 Å². The van der Waals surface area contributed by atoms with Crippen LogP contribution in [-0.2, 0) is 0 Å². The van der Waals surface area contributed by atoms with Crippen LogP contribution in [0.3, 0.4) is 0 Å². The predicted octanol–water partition coefficient (Wildman–Crippen LogP) is 3.09. The topological polar surface area (TPSA) is 15.3 Å². The maximum Gasteiger partial charge on any atom is 0.00726 e. The number of hydrogen-bond donors (Lipinski definition) is 1. The Balaban J connectivity index is 2.36. The molecule has 0 spiro atoms. The molecule has 1 N–H and O–H groups in total. The van der Waals surface area contributed by atoms with Crippen molar-refractivity contribution in [3.63, 3.8) is 0 Å². The second-order valence-electron chi connectivity index (χ2n) is 6.43. The third-order valence-corrected chi connectivity index (χ3v) is 4.93. The first-order chi connectivity index (χ1) is 8.56. The fraction of sp³-hybridized carbons (Fsp3) is 1.00. The highest BCUT2D eigenvalue weighted by Crippen LogP contribution is 2.23. The van der Waals surface area contributed by atoms with Crippen LogP contribution in [0.4, 0.5) is 0 Å². The van der Waals surface area contributed by atoms with Gasteiger partial charge in [-0.2, -0.15) is 11.8 Å². The molecule has 0 aromatic heterocycles. The summed E-state index contributed by atoms with van der Waals surface area (Å²) in [6.07, 6.45) is 2.63. The van der Waals surface area contributed by atoms with Crippen molar-refractivity contribution in [2.45, 2.75) is 40.5 Å². The van der Waals surface area contributed by atoms with Crippen LogP contribution in [0.25, 0.3) is 0 Å². The number of rotatable bonds is 7. The van der Waals surface area contributed by atoms with Crippen molar-refractivity contribution in [3.8, 4) is 0 Å². The van der Waals surface area contributed by atoms with E-state index >= 15 is 0 Å². The summed E-state index contributed by atoms with van der Waals surface area (Å²) in [5.41, 5.74) is 0.434. The summed E-state index contributed by atoms with van der Waals surface area (Å²) in [5, 5.41) is 3.65. The van der Waals surface area contributed by atoms with E-state index in [0.29, 0.717) is 5.41 Å². The molecule has 3 heteroatoms. The molecular weight excluding hydrogens is 240 g/mol. The Bertz CT molecular complexity index is 213. The average Bonchev–Trinajstić information content (AvgIpc) is 2.57. The summed E-state index contributed by atoms with van der Waals surface area (Å²) in [5.74, 6) is 3.42.